The van der Waals surface area contributed by atoms with Crippen molar-refractivity contribution < 1.29 is 0 Å². The summed E-state index contributed by atoms with van der Waals surface area (Å²) in [4.78, 5) is 2.44. The molecule has 2 rings (SSSR count). The van der Waals surface area contributed by atoms with Crippen LogP contribution in [0.15, 0.2) is 18.2 Å². The highest BCUT2D eigenvalue weighted by atomic mass is 35.5. The number of benzene rings is 1. The number of piperidine rings is 1. The third-order valence-corrected chi connectivity index (χ3v) is 4.08. The highest BCUT2D eigenvalue weighted by molar-refractivity contribution is 6.33. The summed E-state index contributed by atoms with van der Waals surface area (Å²) in [6.45, 7) is 8.69. The van der Waals surface area contributed by atoms with Gasteiger partial charge in [0.2, 0.25) is 0 Å². The lowest BCUT2D eigenvalue weighted by molar-refractivity contribution is 0.374. The molecule has 1 saturated heterocycles. The number of anilines is 1. The van der Waals surface area contributed by atoms with Crippen LogP contribution in [0.3, 0.4) is 0 Å². The molecule has 18 heavy (non-hydrogen) atoms. The molecule has 0 aliphatic carbocycles. The van der Waals surface area contributed by atoms with Crippen LogP contribution in [0.5, 0.6) is 0 Å². The Hall–Kier alpha value is -0.730. The molecule has 1 aliphatic rings. The molecular formula is C15H23ClN2. The lowest BCUT2D eigenvalue weighted by Gasteiger charge is -2.40. The van der Waals surface area contributed by atoms with Gasteiger partial charge in [-0.2, -0.15) is 0 Å². The van der Waals surface area contributed by atoms with Crippen molar-refractivity contribution in [3.8, 4) is 0 Å². The Balaban J connectivity index is 2.10. The van der Waals surface area contributed by atoms with Crippen molar-refractivity contribution >= 4 is 17.3 Å². The zero-order valence-corrected chi connectivity index (χ0v) is 12.3. The first kappa shape index (κ1) is 13.7. The van der Waals surface area contributed by atoms with E-state index in [1.165, 1.54) is 24.1 Å². The number of nitrogens with zero attached hydrogens (tertiary/aromatic N) is 1. The molecule has 1 aromatic rings. The molecule has 0 spiro atoms. The zero-order chi connectivity index (χ0) is 13.1. The summed E-state index contributed by atoms with van der Waals surface area (Å²) in [5.41, 5.74) is 2.41. The van der Waals surface area contributed by atoms with Crippen molar-refractivity contribution in [2.24, 2.45) is 0 Å². The number of rotatable bonds is 3. The SMILES string of the molecule is CCNC1CCN(c2ccc(C)cc2Cl)C(C)C1. The third-order valence-electron chi connectivity index (χ3n) is 3.78. The second-order valence-corrected chi connectivity index (χ2v) is 5.68. The van der Waals surface area contributed by atoms with Gasteiger partial charge in [-0.15, -0.1) is 0 Å². The highest BCUT2D eigenvalue weighted by Gasteiger charge is 2.26. The number of nitrogens with one attached hydrogen (secondary N) is 1. The van der Waals surface area contributed by atoms with Crippen LogP contribution in [-0.2, 0) is 0 Å². The topological polar surface area (TPSA) is 15.3 Å². The first-order valence-electron chi connectivity index (χ1n) is 6.88. The minimum Gasteiger partial charge on any atom is -0.368 e. The van der Waals surface area contributed by atoms with E-state index in [4.69, 9.17) is 11.6 Å². The first-order chi connectivity index (χ1) is 8.61. The Bertz CT molecular complexity index is 405. The summed E-state index contributed by atoms with van der Waals surface area (Å²) < 4.78 is 0. The van der Waals surface area contributed by atoms with Crippen LogP contribution in [-0.4, -0.2) is 25.2 Å². The number of hydrogen-bond donors (Lipinski definition) is 1. The summed E-state index contributed by atoms with van der Waals surface area (Å²) in [6, 6.07) is 7.56. The van der Waals surface area contributed by atoms with E-state index in [-0.39, 0.29) is 0 Å². The normalized spacial score (nSPS) is 24.3. The Labute approximate surface area is 115 Å². The van der Waals surface area contributed by atoms with Gasteiger partial charge in [-0.3, -0.25) is 0 Å². The van der Waals surface area contributed by atoms with Crippen LogP contribution < -0.4 is 10.2 Å². The van der Waals surface area contributed by atoms with Crippen LogP contribution in [0.25, 0.3) is 0 Å². The summed E-state index contributed by atoms with van der Waals surface area (Å²) in [6.07, 6.45) is 2.39. The van der Waals surface area contributed by atoms with Gasteiger partial charge in [-0.1, -0.05) is 24.6 Å². The molecular weight excluding hydrogens is 244 g/mol. The summed E-state index contributed by atoms with van der Waals surface area (Å²) in [5.74, 6) is 0. The van der Waals surface area contributed by atoms with Crippen molar-refractivity contribution in [2.75, 3.05) is 18.0 Å². The molecule has 1 N–H and O–H groups in total. The Morgan fingerprint density at radius 1 is 1.44 bits per heavy atom. The maximum absolute atomic E-state index is 6.37. The van der Waals surface area contributed by atoms with E-state index in [1.54, 1.807) is 0 Å². The van der Waals surface area contributed by atoms with Crippen molar-refractivity contribution in [2.45, 2.75) is 45.7 Å². The molecule has 0 radical (unpaired) electrons. The molecule has 3 heteroatoms. The predicted octanol–water partition coefficient (Wildman–Crippen LogP) is 3.62. The maximum Gasteiger partial charge on any atom is 0.0642 e. The zero-order valence-electron chi connectivity index (χ0n) is 11.5. The van der Waals surface area contributed by atoms with Gasteiger partial charge in [-0.05, 0) is 50.9 Å². The second kappa shape index (κ2) is 5.94. The van der Waals surface area contributed by atoms with E-state index in [0.717, 1.165) is 18.1 Å². The quantitative estimate of drug-likeness (QED) is 0.899. The fraction of sp³-hybridized carbons (Fsp3) is 0.600. The van der Waals surface area contributed by atoms with E-state index in [0.29, 0.717) is 12.1 Å². The Morgan fingerprint density at radius 3 is 2.83 bits per heavy atom. The Morgan fingerprint density at radius 2 is 2.22 bits per heavy atom. The molecule has 100 valence electrons. The monoisotopic (exact) mass is 266 g/mol. The largest absolute Gasteiger partial charge is 0.368 e. The molecule has 2 atom stereocenters. The van der Waals surface area contributed by atoms with Crippen molar-refractivity contribution in [3.05, 3.63) is 28.8 Å². The van der Waals surface area contributed by atoms with Crippen LogP contribution in [0.4, 0.5) is 5.69 Å². The van der Waals surface area contributed by atoms with Crippen LogP contribution in [0.2, 0.25) is 5.02 Å². The van der Waals surface area contributed by atoms with Crippen molar-refractivity contribution in [3.63, 3.8) is 0 Å². The van der Waals surface area contributed by atoms with Gasteiger partial charge in [0.15, 0.2) is 0 Å². The van der Waals surface area contributed by atoms with Crippen LogP contribution >= 0.6 is 11.6 Å². The molecule has 0 bridgehead atoms. The highest BCUT2D eigenvalue weighted by Crippen LogP contribution is 2.31. The van der Waals surface area contributed by atoms with E-state index < -0.39 is 0 Å². The molecule has 0 aromatic heterocycles. The fourth-order valence-corrected chi connectivity index (χ4v) is 3.19. The molecule has 0 amide bonds. The molecule has 1 aromatic carbocycles. The molecule has 1 fully saturated rings. The van der Waals surface area contributed by atoms with Gasteiger partial charge in [-0.25, -0.2) is 0 Å². The predicted molar refractivity (Wildman–Crippen MR) is 79.7 cm³/mol. The molecule has 0 saturated carbocycles. The van der Waals surface area contributed by atoms with Crippen molar-refractivity contribution in [1.82, 2.24) is 5.32 Å². The average Bonchev–Trinajstić information content (AvgIpc) is 2.31. The van der Waals surface area contributed by atoms with Gasteiger partial charge in [0.1, 0.15) is 0 Å². The number of aryl methyl sites for hydroxylation is 1. The number of halogens is 1. The number of hydrogen-bond acceptors (Lipinski definition) is 2. The van der Waals surface area contributed by atoms with Gasteiger partial charge in [0.05, 0.1) is 10.7 Å². The van der Waals surface area contributed by atoms with Gasteiger partial charge >= 0.3 is 0 Å². The van der Waals surface area contributed by atoms with E-state index in [2.05, 4.69) is 49.2 Å². The van der Waals surface area contributed by atoms with Gasteiger partial charge < -0.3 is 10.2 Å². The standard InChI is InChI=1S/C15H23ClN2/c1-4-17-13-7-8-18(12(3)10-13)15-6-5-11(2)9-14(15)16/h5-6,9,12-13,17H,4,7-8,10H2,1-3H3. The minimum absolute atomic E-state index is 0.544. The molecule has 2 nitrogen and oxygen atoms in total. The average molecular weight is 267 g/mol. The molecule has 2 unspecified atom stereocenters. The minimum atomic E-state index is 0.544. The second-order valence-electron chi connectivity index (χ2n) is 5.28. The van der Waals surface area contributed by atoms with E-state index in [9.17, 15) is 0 Å². The molecule has 1 heterocycles. The fourth-order valence-electron chi connectivity index (χ4n) is 2.85. The summed E-state index contributed by atoms with van der Waals surface area (Å²) in [7, 11) is 0. The lowest BCUT2D eigenvalue weighted by atomic mass is 9.97. The van der Waals surface area contributed by atoms with Crippen LogP contribution in [0.1, 0.15) is 32.3 Å². The van der Waals surface area contributed by atoms with Crippen LogP contribution in [0, 0.1) is 6.92 Å². The third kappa shape index (κ3) is 2.99. The summed E-state index contributed by atoms with van der Waals surface area (Å²) >= 11 is 6.37. The molecule has 1 aliphatic heterocycles. The maximum atomic E-state index is 6.37. The van der Waals surface area contributed by atoms with E-state index >= 15 is 0 Å². The van der Waals surface area contributed by atoms with Gasteiger partial charge in [0, 0.05) is 18.6 Å². The van der Waals surface area contributed by atoms with E-state index in [1.807, 2.05) is 0 Å². The summed E-state index contributed by atoms with van der Waals surface area (Å²) in [5, 5.41) is 4.43. The lowest BCUT2D eigenvalue weighted by Crippen LogP contribution is -2.47. The smallest absolute Gasteiger partial charge is 0.0642 e. The Kier molecular flexibility index (Phi) is 4.52. The first-order valence-corrected chi connectivity index (χ1v) is 7.25. The van der Waals surface area contributed by atoms with Gasteiger partial charge in [0.25, 0.3) is 0 Å². The van der Waals surface area contributed by atoms with Crippen molar-refractivity contribution in [1.29, 1.82) is 0 Å².